The summed E-state index contributed by atoms with van der Waals surface area (Å²) in [5.41, 5.74) is -0.651. The number of carbonyl (C=O) groups is 2. The fraction of sp³-hybridized carbons (Fsp3) is 0.943. The number of amides is 1. The Kier molecular flexibility index (Phi) is 13.2. The quantitative estimate of drug-likeness (QED) is 0.117. The molecule has 4 saturated heterocycles. The van der Waals surface area contributed by atoms with Gasteiger partial charge in [0.1, 0.15) is 6.54 Å². The van der Waals surface area contributed by atoms with Crippen LogP contribution in [0.15, 0.2) is 0 Å². The molecule has 0 aromatic rings. The minimum Gasteiger partial charge on any atom is -0.480 e. The molecule has 1 amide bonds. The van der Waals surface area contributed by atoms with Gasteiger partial charge in [-0.05, 0) is 50.4 Å². The molecule has 1 aliphatic carbocycles. The number of rotatable bonds is 19. The molecule has 1 saturated carbocycles. The summed E-state index contributed by atoms with van der Waals surface area (Å²) in [5.74, 6) is -0.977. The summed E-state index contributed by atoms with van der Waals surface area (Å²) >= 11 is 0. The molecule has 4 aliphatic heterocycles. The molecule has 1 spiro atoms. The first kappa shape index (κ1) is 34.6. The molecule has 0 aromatic carbocycles. The van der Waals surface area contributed by atoms with Gasteiger partial charge in [-0.25, -0.2) is 9.78 Å². The maximum atomic E-state index is 13.5. The van der Waals surface area contributed by atoms with E-state index in [1.165, 1.54) is 75.5 Å². The van der Waals surface area contributed by atoms with Crippen LogP contribution in [0.2, 0.25) is 0 Å². The van der Waals surface area contributed by atoms with Crippen molar-refractivity contribution >= 4 is 11.9 Å². The number of carbonyl (C=O) groups excluding carboxylic acids is 1. The highest BCUT2D eigenvalue weighted by atomic mass is 17.3. The van der Waals surface area contributed by atoms with E-state index in [0.29, 0.717) is 12.5 Å². The zero-order valence-corrected chi connectivity index (χ0v) is 27.7. The van der Waals surface area contributed by atoms with Crippen molar-refractivity contribution in [1.82, 2.24) is 4.90 Å². The minimum absolute atomic E-state index is 0.0672. The van der Waals surface area contributed by atoms with Crippen molar-refractivity contribution in [2.45, 2.75) is 173 Å². The molecule has 2 bridgehead atoms. The largest absolute Gasteiger partial charge is 0.480 e. The van der Waals surface area contributed by atoms with E-state index in [4.69, 9.17) is 19.2 Å². The topological polar surface area (TPSA) is 94.5 Å². The summed E-state index contributed by atoms with van der Waals surface area (Å²) in [4.78, 5) is 38.8. The zero-order valence-electron chi connectivity index (χ0n) is 27.7. The van der Waals surface area contributed by atoms with E-state index in [9.17, 15) is 14.7 Å². The molecule has 8 atom stereocenters. The maximum Gasteiger partial charge on any atom is 0.323 e. The molecule has 0 unspecified atom stereocenters. The lowest BCUT2D eigenvalue weighted by Gasteiger charge is -2.60. The van der Waals surface area contributed by atoms with Crippen LogP contribution in [0.5, 0.6) is 0 Å². The van der Waals surface area contributed by atoms with Gasteiger partial charge in [0.05, 0.1) is 12.5 Å². The summed E-state index contributed by atoms with van der Waals surface area (Å²) in [7, 11) is 0. The third-order valence-electron chi connectivity index (χ3n) is 11.1. The third-order valence-corrected chi connectivity index (χ3v) is 11.1. The van der Waals surface area contributed by atoms with Crippen LogP contribution in [0.1, 0.15) is 150 Å². The molecule has 8 nitrogen and oxygen atoms in total. The first-order chi connectivity index (χ1) is 20.7. The highest BCUT2D eigenvalue weighted by molar-refractivity contribution is 5.81. The van der Waals surface area contributed by atoms with Crippen molar-refractivity contribution in [3.63, 3.8) is 0 Å². The van der Waals surface area contributed by atoms with Crippen molar-refractivity contribution in [3.8, 4) is 0 Å². The van der Waals surface area contributed by atoms with Crippen LogP contribution in [0.25, 0.3) is 0 Å². The van der Waals surface area contributed by atoms with E-state index in [1.807, 2.05) is 6.92 Å². The van der Waals surface area contributed by atoms with Crippen LogP contribution < -0.4 is 0 Å². The minimum atomic E-state index is -0.970. The number of carboxylic acids is 1. The van der Waals surface area contributed by atoms with E-state index in [-0.39, 0.29) is 42.7 Å². The fourth-order valence-electron chi connectivity index (χ4n) is 8.47. The van der Waals surface area contributed by atoms with Crippen LogP contribution in [-0.4, -0.2) is 58.8 Å². The SMILES string of the molecule is CCCCCCCCCCCCCCCCN(CC(=O)O)C(=O)C[C@H]1O[C@@H]2O[C@@]3(C)CC[C@H]4[C@H](C)CC[C@@H]([C@H]1C)[C@@]24OO3. The fourth-order valence-corrected chi connectivity index (χ4v) is 8.47. The molecule has 0 aromatic heterocycles. The molecule has 1 N–H and O–H groups in total. The summed E-state index contributed by atoms with van der Waals surface area (Å²) in [6, 6.07) is 0. The molecule has 248 valence electrons. The number of unbranched alkanes of at least 4 members (excludes halogenated alkanes) is 13. The highest BCUT2D eigenvalue weighted by Crippen LogP contribution is 2.60. The number of fused-ring (bicyclic) bond motifs is 2. The second kappa shape index (κ2) is 16.4. The first-order valence-corrected chi connectivity index (χ1v) is 17.9. The van der Waals surface area contributed by atoms with Crippen molar-refractivity contribution in [2.75, 3.05) is 13.1 Å². The number of aliphatic carboxylic acids is 1. The Labute approximate surface area is 260 Å². The zero-order chi connectivity index (χ0) is 30.9. The summed E-state index contributed by atoms with van der Waals surface area (Å²) < 4.78 is 13.0. The van der Waals surface area contributed by atoms with E-state index in [2.05, 4.69) is 20.8 Å². The van der Waals surface area contributed by atoms with Gasteiger partial charge in [0.25, 0.3) is 0 Å². The molecule has 4 heterocycles. The van der Waals surface area contributed by atoms with Gasteiger partial charge in [-0.1, -0.05) is 104 Å². The van der Waals surface area contributed by atoms with Crippen molar-refractivity contribution in [2.24, 2.45) is 23.7 Å². The van der Waals surface area contributed by atoms with E-state index >= 15 is 0 Å². The first-order valence-electron chi connectivity index (χ1n) is 17.9. The standard InChI is InChI=1S/C35H61NO7/c1-5-6-7-8-9-10-11-12-13-14-15-16-17-18-23-36(25-32(38)39)31(37)24-30-27(3)29-20-19-26(2)28-21-22-34(4)41-33(40-30)35(28,29)43-42-34/h26-30,33H,5-25H2,1-4H3,(H,38,39)/t26-,27-,28+,29+,30-,33-,34-,35-/m1/s1. The number of hydrogen-bond acceptors (Lipinski definition) is 6. The summed E-state index contributed by atoms with van der Waals surface area (Å²) in [6.07, 6.45) is 20.7. The molecule has 8 heteroatoms. The van der Waals surface area contributed by atoms with Gasteiger partial charge in [-0.2, -0.15) is 0 Å². The Morgan fingerprint density at radius 3 is 2.02 bits per heavy atom. The van der Waals surface area contributed by atoms with Crippen LogP contribution in [0, 0.1) is 23.7 Å². The van der Waals surface area contributed by atoms with E-state index < -0.39 is 23.6 Å². The van der Waals surface area contributed by atoms with E-state index in [1.54, 1.807) is 0 Å². The number of nitrogens with zero attached hydrogens (tertiary/aromatic N) is 1. The number of ether oxygens (including phenoxy) is 2. The van der Waals surface area contributed by atoms with Gasteiger partial charge in [0.15, 0.2) is 11.9 Å². The van der Waals surface area contributed by atoms with Crippen LogP contribution in [-0.2, 0) is 28.8 Å². The normalized spacial score (nSPS) is 34.9. The Morgan fingerprint density at radius 2 is 1.42 bits per heavy atom. The highest BCUT2D eigenvalue weighted by Gasteiger charge is 2.69. The Morgan fingerprint density at radius 1 is 0.814 bits per heavy atom. The Bertz CT molecular complexity index is 884. The van der Waals surface area contributed by atoms with Crippen LogP contribution in [0.4, 0.5) is 0 Å². The number of carboxylic acid groups (broad SMARTS) is 1. The lowest BCUT2D eigenvalue weighted by molar-refractivity contribution is -0.570. The van der Waals surface area contributed by atoms with Gasteiger partial charge < -0.3 is 19.5 Å². The van der Waals surface area contributed by atoms with Gasteiger partial charge >= 0.3 is 5.97 Å². The maximum absolute atomic E-state index is 13.5. The summed E-state index contributed by atoms with van der Waals surface area (Å²) in [6.45, 7) is 8.83. The average molecular weight is 608 g/mol. The van der Waals surface area contributed by atoms with Crippen molar-refractivity contribution < 1.29 is 33.9 Å². The lowest BCUT2D eigenvalue weighted by Crippen LogP contribution is -2.70. The smallest absolute Gasteiger partial charge is 0.323 e. The Balaban J connectivity index is 1.20. The van der Waals surface area contributed by atoms with Crippen LogP contribution >= 0.6 is 0 Å². The molecule has 5 rings (SSSR count). The molecule has 5 aliphatic rings. The predicted octanol–water partition coefficient (Wildman–Crippen LogP) is 8.02. The van der Waals surface area contributed by atoms with Gasteiger partial charge in [0.2, 0.25) is 11.7 Å². The molecule has 43 heavy (non-hydrogen) atoms. The molecule has 5 fully saturated rings. The van der Waals surface area contributed by atoms with Crippen LogP contribution in [0.3, 0.4) is 0 Å². The third kappa shape index (κ3) is 8.74. The molecular weight excluding hydrogens is 546 g/mol. The van der Waals surface area contributed by atoms with Gasteiger partial charge in [-0.15, -0.1) is 0 Å². The number of hydrogen-bond donors (Lipinski definition) is 1. The second-order valence-electron chi connectivity index (χ2n) is 14.5. The average Bonchev–Trinajstić information content (AvgIpc) is 3.20. The predicted molar refractivity (Wildman–Crippen MR) is 166 cm³/mol. The lowest BCUT2D eigenvalue weighted by atomic mass is 9.57. The monoisotopic (exact) mass is 607 g/mol. The Hall–Kier alpha value is -1.22. The van der Waals surface area contributed by atoms with Gasteiger partial charge in [0, 0.05) is 18.9 Å². The van der Waals surface area contributed by atoms with Crippen molar-refractivity contribution in [1.29, 1.82) is 0 Å². The molecule has 0 radical (unpaired) electrons. The van der Waals surface area contributed by atoms with E-state index in [0.717, 1.165) is 44.9 Å². The second-order valence-corrected chi connectivity index (χ2v) is 14.5. The molecular formula is C35H61NO7. The summed E-state index contributed by atoms with van der Waals surface area (Å²) in [5, 5.41) is 9.56. The van der Waals surface area contributed by atoms with Crippen molar-refractivity contribution in [3.05, 3.63) is 0 Å². The van der Waals surface area contributed by atoms with Gasteiger partial charge in [-0.3, -0.25) is 9.59 Å².